The van der Waals surface area contributed by atoms with Crippen molar-refractivity contribution >= 4 is 21.7 Å². The number of fused-ring (bicyclic) bond motifs is 2. The summed E-state index contributed by atoms with van der Waals surface area (Å²) in [4.78, 5) is 0. The molecule has 0 unspecified atom stereocenters. The average molecular weight is 313 g/mol. The molecule has 4 rings (SSSR count). The molecule has 1 aromatic heterocycles. The Morgan fingerprint density at radius 3 is 2.00 bits per heavy atom. The normalized spacial score (nSPS) is 12.0. The summed E-state index contributed by atoms with van der Waals surface area (Å²) in [6.45, 7) is 6.77. The lowest BCUT2D eigenvalue weighted by molar-refractivity contribution is 0.575. The van der Waals surface area contributed by atoms with Crippen LogP contribution in [0.4, 0.5) is 0 Å². The molecular formula is C23H21O+. The van der Waals surface area contributed by atoms with Crippen molar-refractivity contribution in [3.05, 3.63) is 78.4 Å². The van der Waals surface area contributed by atoms with E-state index in [2.05, 4.69) is 75.4 Å². The van der Waals surface area contributed by atoms with Crippen LogP contribution in [-0.4, -0.2) is 0 Å². The van der Waals surface area contributed by atoms with E-state index >= 15 is 0 Å². The Labute approximate surface area is 142 Å². The topological polar surface area (TPSA) is 11.3 Å². The van der Waals surface area contributed by atoms with Gasteiger partial charge < -0.3 is 0 Å². The van der Waals surface area contributed by atoms with Gasteiger partial charge in [0.25, 0.3) is 0 Å². The lowest BCUT2D eigenvalue weighted by atomic mass is 9.84. The molecule has 0 N–H and O–H groups in total. The SMILES string of the molecule is CC(C)(C)c1cc(-c2ccccc2)[o+]c2cc3ccccc3cc12. The molecule has 0 atom stereocenters. The van der Waals surface area contributed by atoms with Crippen molar-refractivity contribution in [2.45, 2.75) is 26.2 Å². The molecule has 0 aliphatic carbocycles. The van der Waals surface area contributed by atoms with Crippen molar-refractivity contribution in [2.75, 3.05) is 0 Å². The van der Waals surface area contributed by atoms with Gasteiger partial charge in [0.1, 0.15) is 0 Å². The standard InChI is InChI=1S/C23H21O/c1-23(2,3)20-15-21(16-9-5-4-6-10-16)24-22-14-18-12-8-7-11-17(18)13-19(20)22/h4-15H,1-3H3/q+1. The second kappa shape index (κ2) is 5.45. The van der Waals surface area contributed by atoms with Crippen LogP contribution in [0.2, 0.25) is 0 Å². The van der Waals surface area contributed by atoms with Crippen LogP contribution in [0.1, 0.15) is 26.3 Å². The van der Waals surface area contributed by atoms with Crippen LogP contribution < -0.4 is 0 Å². The van der Waals surface area contributed by atoms with E-state index in [0.29, 0.717) is 0 Å². The molecule has 3 aromatic carbocycles. The van der Waals surface area contributed by atoms with Gasteiger partial charge >= 0.3 is 11.3 Å². The molecule has 1 heteroatoms. The monoisotopic (exact) mass is 313 g/mol. The van der Waals surface area contributed by atoms with E-state index < -0.39 is 0 Å². The Kier molecular flexibility index (Phi) is 3.38. The van der Waals surface area contributed by atoms with Crippen LogP contribution in [0.25, 0.3) is 33.1 Å². The highest BCUT2D eigenvalue weighted by Crippen LogP contribution is 2.36. The molecule has 0 spiro atoms. The molecular weight excluding hydrogens is 292 g/mol. The average Bonchev–Trinajstić information content (AvgIpc) is 2.59. The Hall–Kier alpha value is -2.67. The molecule has 0 saturated heterocycles. The summed E-state index contributed by atoms with van der Waals surface area (Å²) < 4.78 is 6.29. The van der Waals surface area contributed by atoms with Gasteiger partial charge in [0, 0.05) is 6.07 Å². The van der Waals surface area contributed by atoms with Gasteiger partial charge in [-0.15, -0.1) is 0 Å². The molecule has 1 heterocycles. The minimum Gasteiger partial charge on any atom is -0.207 e. The van der Waals surface area contributed by atoms with Crippen molar-refractivity contribution in [3.8, 4) is 11.3 Å². The van der Waals surface area contributed by atoms with Gasteiger partial charge in [-0.25, -0.2) is 4.42 Å². The quantitative estimate of drug-likeness (QED) is 0.277. The minimum atomic E-state index is 0.0427. The third-order valence-corrected chi connectivity index (χ3v) is 4.50. The summed E-state index contributed by atoms with van der Waals surface area (Å²) in [7, 11) is 0. The molecule has 0 fully saturated rings. The molecule has 0 amide bonds. The van der Waals surface area contributed by atoms with Gasteiger partial charge in [-0.3, -0.25) is 0 Å². The van der Waals surface area contributed by atoms with E-state index in [1.807, 2.05) is 18.2 Å². The Morgan fingerprint density at radius 1 is 0.708 bits per heavy atom. The summed E-state index contributed by atoms with van der Waals surface area (Å²) >= 11 is 0. The van der Waals surface area contributed by atoms with Crippen molar-refractivity contribution < 1.29 is 4.42 Å². The first kappa shape index (κ1) is 14.9. The summed E-state index contributed by atoms with van der Waals surface area (Å²) in [5.74, 6) is 0.920. The van der Waals surface area contributed by atoms with Crippen molar-refractivity contribution in [1.29, 1.82) is 0 Å². The van der Waals surface area contributed by atoms with Gasteiger partial charge in [-0.1, -0.05) is 63.2 Å². The zero-order valence-corrected chi connectivity index (χ0v) is 14.3. The van der Waals surface area contributed by atoms with Crippen molar-refractivity contribution in [2.24, 2.45) is 0 Å². The maximum absolute atomic E-state index is 6.29. The first-order valence-corrected chi connectivity index (χ1v) is 8.38. The highest BCUT2D eigenvalue weighted by Gasteiger charge is 2.26. The van der Waals surface area contributed by atoms with E-state index in [1.165, 1.54) is 21.7 Å². The molecule has 1 nitrogen and oxygen atoms in total. The minimum absolute atomic E-state index is 0.0427. The lowest BCUT2D eigenvalue weighted by Gasteiger charge is -2.19. The predicted molar refractivity (Wildman–Crippen MR) is 102 cm³/mol. The van der Waals surface area contributed by atoms with E-state index in [0.717, 1.165) is 16.9 Å². The first-order valence-electron chi connectivity index (χ1n) is 8.38. The van der Waals surface area contributed by atoms with Crippen LogP contribution in [0.5, 0.6) is 0 Å². The van der Waals surface area contributed by atoms with E-state index in [4.69, 9.17) is 4.42 Å². The highest BCUT2D eigenvalue weighted by atomic mass is 16.3. The van der Waals surface area contributed by atoms with Crippen LogP contribution >= 0.6 is 0 Å². The summed E-state index contributed by atoms with van der Waals surface area (Å²) in [5.41, 5.74) is 3.41. The Morgan fingerprint density at radius 2 is 1.33 bits per heavy atom. The highest BCUT2D eigenvalue weighted by molar-refractivity contribution is 5.98. The second-order valence-corrected chi connectivity index (χ2v) is 7.34. The lowest BCUT2D eigenvalue weighted by Crippen LogP contribution is -2.12. The molecule has 0 aliphatic heterocycles. The Bertz CT molecular complexity index is 1020. The number of hydrogen-bond donors (Lipinski definition) is 0. The summed E-state index contributed by atoms with van der Waals surface area (Å²) in [5, 5.41) is 3.65. The third kappa shape index (κ3) is 2.56. The summed E-state index contributed by atoms with van der Waals surface area (Å²) in [6.07, 6.45) is 0. The second-order valence-electron chi connectivity index (χ2n) is 7.34. The van der Waals surface area contributed by atoms with Gasteiger partial charge in [0.05, 0.1) is 17.0 Å². The third-order valence-electron chi connectivity index (χ3n) is 4.50. The number of rotatable bonds is 1. The van der Waals surface area contributed by atoms with Crippen molar-refractivity contribution in [3.63, 3.8) is 0 Å². The fraction of sp³-hybridized carbons (Fsp3) is 0.174. The molecule has 0 saturated carbocycles. The molecule has 24 heavy (non-hydrogen) atoms. The zero-order valence-electron chi connectivity index (χ0n) is 14.3. The number of hydrogen-bond acceptors (Lipinski definition) is 0. The van der Waals surface area contributed by atoms with Crippen LogP contribution in [0.3, 0.4) is 0 Å². The molecule has 118 valence electrons. The summed E-state index contributed by atoms with van der Waals surface area (Å²) in [6, 6.07) is 25.4. The van der Waals surface area contributed by atoms with Crippen LogP contribution in [-0.2, 0) is 5.41 Å². The van der Waals surface area contributed by atoms with E-state index in [1.54, 1.807) is 0 Å². The predicted octanol–water partition coefficient (Wildman–Crippen LogP) is 6.83. The number of benzene rings is 3. The van der Waals surface area contributed by atoms with E-state index in [-0.39, 0.29) is 5.41 Å². The first-order chi connectivity index (χ1) is 11.5. The van der Waals surface area contributed by atoms with Gasteiger partial charge in [-0.2, -0.15) is 0 Å². The van der Waals surface area contributed by atoms with Crippen LogP contribution in [0.15, 0.2) is 77.2 Å². The molecule has 0 bridgehead atoms. The van der Waals surface area contributed by atoms with E-state index in [9.17, 15) is 0 Å². The molecule has 4 aromatic rings. The fourth-order valence-corrected chi connectivity index (χ4v) is 3.24. The zero-order chi connectivity index (χ0) is 16.7. The van der Waals surface area contributed by atoms with Gasteiger partial charge in [0.2, 0.25) is 0 Å². The molecule has 0 radical (unpaired) electrons. The van der Waals surface area contributed by atoms with Crippen molar-refractivity contribution in [1.82, 2.24) is 0 Å². The maximum atomic E-state index is 6.29. The fourth-order valence-electron chi connectivity index (χ4n) is 3.24. The smallest absolute Gasteiger partial charge is 0.207 e. The Balaban J connectivity index is 2.09. The van der Waals surface area contributed by atoms with Crippen LogP contribution in [0, 0.1) is 0 Å². The van der Waals surface area contributed by atoms with Gasteiger partial charge in [-0.05, 0) is 39.9 Å². The maximum Gasteiger partial charge on any atom is 0.361 e. The van der Waals surface area contributed by atoms with Gasteiger partial charge in [0.15, 0.2) is 0 Å². The molecule has 0 aliphatic rings. The largest absolute Gasteiger partial charge is 0.361 e.